The van der Waals surface area contributed by atoms with Crippen LogP contribution in [0.4, 0.5) is 0 Å². The predicted octanol–water partition coefficient (Wildman–Crippen LogP) is 11.4. The van der Waals surface area contributed by atoms with E-state index in [1.54, 1.807) is 0 Å². The Balaban J connectivity index is 1.30. The smallest absolute Gasteiger partial charge is 0.00205 e. The van der Waals surface area contributed by atoms with Gasteiger partial charge in [-0.05, 0) is 118 Å². The van der Waals surface area contributed by atoms with Gasteiger partial charge in [-0.1, -0.05) is 115 Å². The van der Waals surface area contributed by atoms with Crippen molar-refractivity contribution in [1.29, 1.82) is 0 Å². The minimum atomic E-state index is 1.26. The van der Waals surface area contributed by atoms with Gasteiger partial charge in [0.05, 0.1) is 0 Å². The number of rotatable bonds is 2. The first kappa shape index (κ1) is 21.9. The monoisotopic (exact) mass is 506 g/mol. The molecule has 0 aliphatic carbocycles. The highest BCUT2D eigenvalue weighted by molar-refractivity contribution is 6.27. The largest absolute Gasteiger partial charge is 0.0610 e. The average molecular weight is 507 g/mol. The highest BCUT2D eigenvalue weighted by Crippen LogP contribution is 2.43. The van der Waals surface area contributed by atoms with E-state index < -0.39 is 0 Å². The summed E-state index contributed by atoms with van der Waals surface area (Å²) in [7, 11) is 0. The molecule has 9 rings (SSSR count). The minimum Gasteiger partial charge on any atom is -0.0610 e. The Morgan fingerprint density at radius 3 is 1.12 bits per heavy atom. The molecule has 9 aromatic rings. The molecule has 0 heterocycles. The topological polar surface area (TPSA) is 0 Å². The maximum Gasteiger partial charge on any atom is -0.00205 e. The third-order valence-electron chi connectivity index (χ3n) is 9.25. The molecule has 0 radical (unpaired) electrons. The Morgan fingerprint density at radius 2 is 0.675 bits per heavy atom. The van der Waals surface area contributed by atoms with E-state index in [0.29, 0.717) is 0 Å². The van der Waals surface area contributed by atoms with E-state index >= 15 is 0 Å². The number of hydrogen-bond acceptors (Lipinski definition) is 0. The molecule has 0 amide bonds. The Hall–Kier alpha value is -4.94. The van der Waals surface area contributed by atoms with Crippen LogP contribution in [0.3, 0.4) is 0 Å². The molecule has 0 N–H and O–H groups in total. The lowest BCUT2D eigenvalue weighted by molar-refractivity contribution is 1.55. The van der Waals surface area contributed by atoms with Gasteiger partial charge in [0.2, 0.25) is 0 Å². The van der Waals surface area contributed by atoms with E-state index in [1.165, 1.54) is 98.0 Å². The lowest BCUT2D eigenvalue weighted by Gasteiger charge is -2.17. The van der Waals surface area contributed by atoms with Crippen molar-refractivity contribution in [3.63, 3.8) is 0 Å². The zero-order valence-electron chi connectivity index (χ0n) is 22.5. The van der Waals surface area contributed by atoms with Crippen LogP contribution in [0.15, 0.2) is 121 Å². The van der Waals surface area contributed by atoms with Gasteiger partial charge in [0.1, 0.15) is 0 Å². The molecular formula is C40H26. The van der Waals surface area contributed by atoms with E-state index in [1.807, 2.05) is 0 Å². The summed E-state index contributed by atoms with van der Waals surface area (Å²) in [6, 6.07) is 45.7. The van der Waals surface area contributed by atoms with Crippen molar-refractivity contribution < 1.29 is 0 Å². The van der Waals surface area contributed by atoms with Crippen LogP contribution < -0.4 is 0 Å². The fourth-order valence-corrected chi connectivity index (χ4v) is 7.25. The Morgan fingerprint density at radius 1 is 0.325 bits per heavy atom. The van der Waals surface area contributed by atoms with E-state index in [2.05, 4.69) is 135 Å². The van der Waals surface area contributed by atoms with Crippen LogP contribution in [0.1, 0.15) is 11.1 Å². The van der Waals surface area contributed by atoms with Crippen molar-refractivity contribution in [2.24, 2.45) is 0 Å². The fraction of sp³-hybridized carbons (Fsp3) is 0.0500. The zero-order valence-corrected chi connectivity index (χ0v) is 22.5. The molecule has 40 heavy (non-hydrogen) atoms. The lowest BCUT2D eigenvalue weighted by Crippen LogP contribution is -1.90. The molecule has 0 saturated carbocycles. The van der Waals surface area contributed by atoms with Crippen LogP contribution in [0, 0.1) is 13.8 Å². The fourth-order valence-electron chi connectivity index (χ4n) is 7.25. The van der Waals surface area contributed by atoms with Crippen molar-refractivity contribution in [3.8, 4) is 22.3 Å². The standard InChI is InChI=1S/C40H26/c1-23-6-8-25-14-20-35-33(18-12-27-10-16-31(23)37(25)39(27)35)29-4-3-5-30(22-29)34-19-13-28-11-17-32-24(2)7-9-26-15-21-36(34)40(28)38(26)32/h3-22H,1-2H3. The Kier molecular flexibility index (Phi) is 4.28. The van der Waals surface area contributed by atoms with Crippen LogP contribution >= 0.6 is 0 Å². The summed E-state index contributed by atoms with van der Waals surface area (Å²) in [5.41, 5.74) is 7.76. The van der Waals surface area contributed by atoms with Gasteiger partial charge in [0.15, 0.2) is 0 Å². The molecule has 0 aliphatic heterocycles. The Labute approximate surface area is 232 Å². The second-order valence-corrected chi connectivity index (χ2v) is 11.4. The number of benzene rings is 9. The molecule has 0 aromatic heterocycles. The molecule has 0 fully saturated rings. The quantitative estimate of drug-likeness (QED) is 0.205. The van der Waals surface area contributed by atoms with Gasteiger partial charge >= 0.3 is 0 Å². The van der Waals surface area contributed by atoms with Gasteiger partial charge in [0, 0.05) is 0 Å². The summed E-state index contributed by atoms with van der Waals surface area (Å²) in [6.07, 6.45) is 0. The van der Waals surface area contributed by atoms with Crippen LogP contribution in [0.25, 0.3) is 86.9 Å². The third kappa shape index (κ3) is 2.86. The Bertz CT molecular complexity index is 2270. The van der Waals surface area contributed by atoms with E-state index in [4.69, 9.17) is 0 Å². The normalized spacial score (nSPS) is 12.2. The second kappa shape index (κ2) is 7.81. The van der Waals surface area contributed by atoms with Crippen LogP contribution in [0.5, 0.6) is 0 Å². The summed E-state index contributed by atoms with van der Waals surface area (Å²) >= 11 is 0. The highest BCUT2D eigenvalue weighted by Gasteiger charge is 2.16. The van der Waals surface area contributed by atoms with E-state index in [9.17, 15) is 0 Å². The van der Waals surface area contributed by atoms with Crippen molar-refractivity contribution in [2.75, 3.05) is 0 Å². The van der Waals surface area contributed by atoms with Crippen molar-refractivity contribution >= 4 is 64.6 Å². The predicted molar refractivity (Wildman–Crippen MR) is 174 cm³/mol. The molecule has 0 unspecified atom stereocenters. The van der Waals surface area contributed by atoms with Crippen molar-refractivity contribution in [3.05, 3.63) is 132 Å². The average Bonchev–Trinajstić information content (AvgIpc) is 3.00. The molecular weight excluding hydrogens is 480 g/mol. The number of hydrogen-bond donors (Lipinski definition) is 0. The minimum absolute atomic E-state index is 1.26. The van der Waals surface area contributed by atoms with Crippen LogP contribution in [0.2, 0.25) is 0 Å². The molecule has 0 nitrogen and oxygen atoms in total. The highest BCUT2D eigenvalue weighted by atomic mass is 14.2. The van der Waals surface area contributed by atoms with E-state index in [0.717, 1.165) is 0 Å². The van der Waals surface area contributed by atoms with Gasteiger partial charge in [-0.25, -0.2) is 0 Å². The number of aryl methyl sites for hydroxylation is 2. The van der Waals surface area contributed by atoms with Crippen LogP contribution in [-0.2, 0) is 0 Å². The summed E-state index contributed by atoms with van der Waals surface area (Å²) in [5, 5.41) is 16.1. The molecule has 9 aromatic carbocycles. The van der Waals surface area contributed by atoms with Gasteiger partial charge in [0.25, 0.3) is 0 Å². The van der Waals surface area contributed by atoms with Gasteiger partial charge in [-0.2, -0.15) is 0 Å². The third-order valence-corrected chi connectivity index (χ3v) is 9.25. The molecule has 0 heteroatoms. The van der Waals surface area contributed by atoms with Gasteiger partial charge in [-0.3, -0.25) is 0 Å². The van der Waals surface area contributed by atoms with Gasteiger partial charge < -0.3 is 0 Å². The van der Waals surface area contributed by atoms with E-state index in [-0.39, 0.29) is 0 Å². The molecule has 186 valence electrons. The van der Waals surface area contributed by atoms with Crippen molar-refractivity contribution in [1.82, 2.24) is 0 Å². The molecule has 0 spiro atoms. The SMILES string of the molecule is Cc1ccc2ccc3c(-c4cccc(-c5ccc6ccc7c(C)ccc8ccc5c6c87)c4)ccc4ccc1c2c43. The second-order valence-electron chi connectivity index (χ2n) is 11.4. The van der Waals surface area contributed by atoms with Crippen molar-refractivity contribution in [2.45, 2.75) is 13.8 Å². The first-order chi connectivity index (χ1) is 19.7. The van der Waals surface area contributed by atoms with Gasteiger partial charge in [-0.15, -0.1) is 0 Å². The maximum atomic E-state index is 2.38. The lowest BCUT2D eigenvalue weighted by atomic mass is 9.87. The first-order valence-corrected chi connectivity index (χ1v) is 14.1. The summed E-state index contributed by atoms with van der Waals surface area (Å²) < 4.78 is 0. The molecule has 0 saturated heterocycles. The maximum absolute atomic E-state index is 2.38. The summed E-state index contributed by atoms with van der Waals surface area (Å²) in [6.45, 7) is 4.43. The molecule has 0 aliphatic rings. The molecule has 0 bridgehead atoms. The van der Waals surface area contributed by atoms with Crippen LogP contribution in [-0.4, -0.2) is 0 Å². The first-order valence-electron chi connectivity index (χ1n) is 14.1. The zero-order chi connectivity index (χ0) is 26.5. The molecule has 0 atom stereocenters. The summed E-state index contributed by atoms with van der Waals surface area (Å²) in [4.78, 5) is 0. The summed E-state index contributed by atoms with van der Waals surface area (Å²) in [5.74, 6) is 0.